The summed E-state index contributed by atoms with van der Waals surface area (Å²) in [4.78, 5) is 18.3. The van der Waals surface area contributed by atoms with E-state index in [9.17, 15) is 9.00 Å². The molecule has 0 fully saturated rings. The van der Waals surface area contributed by atoms with Crippen LogP contribution in [-0.2, 0) is 15.6 Å². The lowest BCUT2D eigenvalue weighted by atomic mass is 10.3. The molecule has 0 aliphatic carbocycles. The quantitative estimate of drug-likeness (QED) is 0.699. The summed E-state index contributed by atoms with van der Waals surface area (Å²) in [5.41, 5.74) is 12.8. The molecule has 2 rings (SSSR count). The Bertz CT molecular complexity index is 623. The van der Waals surface area contributed by atoms with Crippen LogP contribution >= 0.6 is 0 Å². The van der Waals surface area contributed by atoms with E-state index in [0.29, 0.717) is 23.1 Å². The van der Waals surface area contributed by atoms with E-state index in [0.717, 1.165) is 0 Å². The van der Waals surface area contributed by atoms with Gasteiger partial charge in [0, 0.05) is 5.69 Å². The second-order valence-electron chi connectivity index (χ2n) is 3.92. The largest absolute Gasteiger partial charge is 0.399 e. The summed E-state index contributed by atoms with van der Waals surface area (Å²) in [7, 11) is -1.57. The van der Waals surface area contributed by atoms with Crippen LogP contribution in [0.5, 0.6) is 0 Å². The minimum Gasteiger partial charge on any atom is -0.399 e. The molecule has 0 bridgehead atoms. The molecule has 1 heterocycles. The van der Waals surface area contributed by atoms with Crippen LogP contribution in [0.4, 0.5) is 5.69 Å². The fraction of sp³-hybridized carbons (Fsp3) is 0.273. The molecule has 0 saturated carbocycles. The molecule has 96 valence electrons. The molecule has 2 unspecified atom stereocenters. The lowest BCUT2D eigenvalue weighted by molar-refractivity contribution is -0.117. The maximum atomic E-state index is 12.2. The Morgan fingerprint density at radius 3 is 2.89 bits per heavy atom. The van der Waals surface area contributed by atoms with Gasteiger partial charge in [0.1, 0.15) is 16.0 Å². The number of rotatable bonds is 4. The average molecular weight is 266 g/mol. The SMILES string of the molecule is CCC(C(N)=O)S(=O)c1nc2ccc(N)cc2[nH]1. The first-order chi connectivity index (χ1) is 8.52. The van der Waals surface area contributed by atoms with E-state index in [1.165, 1.54) is 0 Å². The number of H-pyrrole nitrogens is 1. The number of carbonyl (C=O) groups excluding carboxylic acids is 1. The minimum absolute atomic E-state index is 0.251. The second kappa shape index (κ2) is 4.77. The molecule has 0 saturated heterocycles. The van der Waals surface area contributed by atoms with Gasteiger partial charge in [0.2, 0.25) is 5.91 Å². The number of benzene rings is 1. The first kappa shape index (κ1) is 12.6. The zero-order valence-corrected chi connectivity index (χ0v) is 10.7. The van der Waals surface area contributed by atoms with E-state index in [1.807, 2.05) is 0 Å². The van der Waals surface area contributed by atoms with Gasteiger partial charge < -0.3 is 16.5 Å². The number of anilines is 1. The van der Waals surface area contributed by atoms with Crippen molar-refractivity contribution in [2.75, 3.05) is 5.73 Å². The van der Waals surface area contributed by atoms with E-state index in [-0.39, 0.29) is 5.16 Å². The van der Waals surface area contributed by atoms with Crippen molar-refractivity contribution in [3.8, 4) is 0 Å². The Balaban J connectivity index is 2.42. The van der Waals surface area contributed by atoms with Crippen LogP contribution in [0.2, 0.25) is 0 Å². The lowest BCUT2D eigenvalue weighted by Crippen LogP contribution is -2.32. The van der Waals surface area contributed by atoms with E-state index < -0.39 is 22.0 Å². The van der Waals surface area contributed by atoms with E-state index in [2.05, 4.69) is 9.97 Å². The smallest absolute Gasteiger partial charge is 0.233 e. The number of imidazole rings is 1. The van der Waals surface area contributed by atoms with Gasteiger partial charge in [-0.1, -0.05) is 6.92 Å². The zero-order chi connectivity index (χ0) is 13.3. The summed E-state index contributed by atoms with van der Waals surface area (Å²) >= 11 is 0. The van der Waals surface area contributed by atoms with Crippen LogP contribution in [0, 0.1) is 0 Å². The number of aromatic amines is 1. The third kappa shape index (κ3) is 2.21. The van der Waals surface area contributed by atoms with Gasteiger partial charge in [-0.2, -0.15) is 0 Å². The molecule has 0 aliphatic heterocycles. The summed E-state index contributed by atoms with van der Waals surface area (Å²) in [5, 5.41) is -0.482. The van der Waals surface area contributed by atoms with Crippen molar-refractivity contribution in [3.63, 3.8) is 0 Å². The second-order valence-corrected chi connectivity index (χ2v) is 5.47. The summed E-state index contributed by atoms with van der Waals surface area (Å²) in [5.74, 6) is -0.587. The van der Waals surface area contributed by atoms with Gasteiger partial charge >= 0.3 is 0 Å². The van der Waals surface area contributed by atoms with Gasteiger partial charge in [0.05, 0.1) is 11.0 Å². The van der Waals surface area contributed by atoms with Crippen molar-refractivity contribution in [1.29, 1.82) is 0 Å². The number of aromatic nitrogens is 2. The molecule has 7 heteroatoms. The highest BCUT2D eigenvalue weighted by Crippen LogP contribution is 2.18. The third-order valence-corrected chi connectivity index (χ3v) is 4.28. The maximum absolute atomic E-state index is 12.2. The first-order valence-electron chi connectivity index (χ1n) is 5.48. The molecule has 0 spiro atoms. The lowest BCUT2D eigenvalue weighted by Gasteiger charge is -2.07. The predicted octanol–water partition coefficient (Wildman–Crippen LogP) is 0.517. The van der Waals surface area contributed by atoms with Gasteiger partial charge in [0.25, 0.3) is 0 Å². The fourth-order valence-electron chi connectivity index (χ4n) is 1.69. The summed E-state index contributed by atoms with van der Waals surface area (Å²) < 4.78 is 12.2. The maximum Gasteiger partial charge on any atom is 0.233 e. The standard InChI is InChI=1S/C11H14N4O2S/c1-2-9(10(13)16)18(17)11-14-7-4-3-6(12)5-8(7)15-11/h3-5,9H,2,12H2,1H3,(H2,13,16)(H,14,15). The number of fused-ring (bicyclic) bond motifs is 1. The van der Waals surface area contributed by atoms with Crippen LogP contribution in [0.15, 0.2) is 23.4 Å². The van der Waals surface area contributed by atoms with E-state index in [1.54, 1.807) is 25.1 Å². The Labute approximate surface area is 106 Å². The number of nitrogens with zero attached hydrogens (tertiary/aromatic N) is 1. The number of nitrogens with two attached hydrogens (primary N) is 2. The molecule has 1 aromatic carbocycles. The highest BCUT2D eigenvalue weighted by Gasteiger charge is 2.24. The Morgan fingerprint density at radius 2 is 2.28 bits per heavy atom. The molecule has 2 atom stereocenters. The number of hydrogen-bond acceptors (Lipinski definition) is 4. The number of primary amides is 1. The number of nitrogen functional groups attached to an aromatic ring is 1. The average Bonchev–Trinajstić information content (AvgIpc) is 2.72. The topological polar surface area (TPSA) is 115 Å². The van der Waals surface area contributed by atoms with Gasteiger partial charge in [-0.25, -0.2) is 4.98 Å². The van der Waals surface area contributed by atoms with Crippen LogP contribution in [0.25, 0.3) is 11.0 Å². The van der Waals surface area contributed by atoms with Crippen LogP contribution in [0.3, 0.4) is 0 Å². The van der Waals surface area contributed by atoms with Crippen LogP contribution in [-0.4, -0.2) is 25.3 Å². The molecule has 0 aliphatic rings. The predicted molar refractivity (Wildman–Crippen MR) is 70.2 cm³/mol. The van der Waals surface area contributed by atoms with Gasteiger partial charge in [0.15, 0.2) is 5.16 Å². The zero-order valence-electron chi connectivity index (χ0n) is 9.84. The first-order valence-corrected chi connectivity index (χ1v) is 6.69. The Hall–Kier alpha value is -1.89. The molecule has 1 amide bonds. The Kier molecular flexibility index (Phi) is 3.33. The fourth-order valence-corrected chi connectivity index (χ4v) is 2.87. The van der Waals surface area contributed by atoms with Crippen molar-refractivity contribution in [2.24, 2.45) is 5.73 Å². The summed E-state index contributed by atoms with van der Waals surface area (Å²) in [6.45, 7) is 1.76. The summed E-state index contributed by atoms with van der Waals surface area (Å²) in [6.07, 6.45) is 0.404. The van der Waals surface area contributed by atoms with Crippen molar-refractivity contribution in [2.45, 2.75) is 23.8 Å². The van der Waals surface area contributed by atoms with Gasteiger partial charge in [-0.3, -0.25) is 9.00 Å². The van der Waals surface area contributed by atoms with Gasteiger partial charge in [-0.15, -0.1) is 0 Å². The minimum atomic E-state index is -1.57. The van der Waals surface area contributed by atoms with Crippen molar-refractivity contribution in [3.05, 3.63) is 18.2 Å². The number of carbonyl (C=O) groups is 1. The van der Waals surface area contributed by atoms with Crippen LogP contribution < -0.4 is 11.5 Å². The van der Waals surface area contributed by atoms with E-state index >= 15 is 0 Å². The molecular formula is C11H14N4O2S. The van der Waals surface area contributed by atoms with Crippen LogP contribution in [0.1, 0.15) is 13.3 Å². The van der Waals surface area contributed by atoms with Gasteiger partial charge in [-0.05, 0) is 24.6 Å². The highest BCUT2D eigenvalue weighted by atomic mass is 32.2. The molecule has 5 N–H and O–H groups in total. The number of hydrogen-bond donors (Lipinski definition) is 3. The van der Waals surface area contributed by atoms with Crippen molar-refractivity contribution >= 4 is 33.4 Å². The Morgan fingerprint density at radius 1 is 1.56 bits per heavy atom. The molecular weight excluding hydrogens is 252 g/mol. The molecule has 6 nitrogen and oxygen atoms in total. The van der Waals surface area contributed by atoms with E-state index in [4.69, 9.17) is 11.5 Å². The molecule has 0 radical (unpaired) electrons. The molecule has 2 aromatic rings. The van der Waals surface area contributed by atoms with Crippen molar-refractivity contribution < 1.29 is 9.00 Å². The molecule has 18 heavy (non-hydrogen) atoms. The summed E-state index contributed by atoms with van der Waals surface area (Å²) in [6, 6.07) is 5.14. The normalized spacial score (nSPS) is 14.5. The number of amides is 1. The monoisotopic (exact) mass is 266 g/mol. The third-order valence-electron chi connectivity index (χ3n) is 2.62. The highest BCUT2D eigenvalue weighted by molar-refractivity contribution is 7.86. The molecule has 1 aromatic heterocycles. The number of nitrogens with one attached hydrogen (secondary N) is 1. The van der Waals surface area contributed by atoms with Crippen molar-refractivity contribution in [1.82, 2.24) is 9.97 Å².